The Morgan fingerprint density at radius 3 is 2.59 bits per heavy atom. The molecule has 1 fully saturated rings. The topological polar surface area (TPSA) is 80.8 Å². The highest BCUT2D eigenvalue weighted by molar-refractivity contribution is 8.16. The number of nitrogens with one attached hydrogen (secondary N) is 1. The Balaban J connectivity index is 1.71. The zero-order valence-electron chi connectivity index (χ0n) is 19.1. The predicted octanol–water partition coefficient (Wildman–Crippen LogP) is 5.83. The van der Waals surface area contributed by atoms with Gasteiger partial charge in [0, 0.05) is 12.8 Å². The van der Waals surface area contributed by atoms with Crippen LogP contribution in [0, 0.1) is 18.3 Å². The van der Waals surface area contributed by atoms with Crippen molar-refractivity contribution in [2.24, 2.45) is 9.98 Å². The molecule has 0 aromatic heterocycles. The van der Waals surface area contributed by atoms with Crippen LogP contribution in [0.2, 0.25) is 0 Å². The molecular formula is C27H25N5OS. The second-order valence-electron chi connectivity index (χ2n) is 7.78. The first-order chi connectivity index (χ1) is 16.6. The molecule has 1 atom stereocenters. The summed E-state index contributed by atoms with van der Waals surface area (Å²) in [5.74, 6) is -0.0635. The van der Waals surface area contributed by atoms with E-state index < -0.39 is 5.25 Å². The van der Waals surface area contributed by atoms with Crippen LogP contribution in [0.15, 0.2) is 82.8 Å². The van der Waals surface area contributed by atoms with Gasteiger partial charge in [0.25, 0.3) is 0 Å². The summed E-state index contributed by atoms with van der Waals surface area (Å²) in [7, 11) is 0. The Hall–Kier alpha value is -3.89. The van der Waals surface area contributed by atoms with Gasteiger partial charge in [-0.1, -0.05) is 60.3 Å². The molecule has 34 heavy (non-hydrogen) atoms. The van der Waals surface area contributed by atoms with E-state index in [1.54, 1.807) is 23.2 Å². The fourth-order valence-electron chi connectivity index (χ4n) is 3.56. The number of benzene rings is 3. The van der Waals surface area contributed by atoms with Crippen molar-refractivity contribution in [1.29, 1.82) is 5.26 Å². The van der Waals surface area contributed by atoms with E-state index in [0.717, 1.165) is 29.0 Å². The molecule has 1 unspecified atom stereocenters. The molecule has 3 aromatic rings. The zero-order chi connectivity index (χ0) is 23.9. The number of hydrogen-bond donors (Lipinski definition) is 1. The third-order valence-corrected chi connectivity index (χ3v) is 6.43. The minimum Gasteiger partial charge on any atom is -0.384 e. The lowest BCUT2D eigenvalue weighted by atomic mass is 10.2. The number of aliphatic imine (C=N–C) groups is 2. The second-order valence-corrected chi connectivity index (χ2v) is 8.89. The lowest BCUT2D eigenvalue weighted by Crippen LogP contribution is -2.32. The molecule has 170 valence electrons. The van der Waals surface area contributed by atoms with Crippen LogP contribution in [0.3, 0.4) is 0 Å². The average molecular weight is 468 g/mol. The van der Waals surface area contributed by atoms with Gasteiger partial charge in [0.2, 0.25) is 5.91 Å². The fourth-order valence-corrected chi connectivity index (χ4v) is 4.57. The second kappa shape index (κ2) is 10.8. The number of carbonyl (C=O) groups is 1. The number of nitriles is 1. The standard InChI is InChI=1S/C27H25N5OS/c1-3-29-23-14-13-21(16-28)15-24(23)31-27-32(18-20-10-5-4-6-11-20)26(33)25(34-27)17-30-22-12-8-7-9-19(22)2/h4-15,17,25,29H,3,18H2,1-2H3. The minimum absolute atomic E-state index is 0.0635. The minimum atomic E-state index is -0.483. The van der Waals surface area contributed by atoms with E-state index in [2.05, 4.69) is 16.4 Å². The molecule has 0 spiro atoms. The van der Waals surface area contributed by atoms with Crippen LogP contribution in [-0.4, -0.2) is 34.0 Å². The van der Waals surface area contributed by atoms with Gasteiger partial charge in [-0.15, -0.1) is 0 Å². The Labute approximate surface area is 204 Å². The predicted molar refractivity (Wildman–Crippen MR) is 140 cm³/mol. The number of thioether (sulfide) groups is 1. The quantitative estimate of drug-likeness (QED) is 0.443. The highest BCUT2D eigenvalue weighted by atomic mass is 32.2. The van der Waals surface area contributed by atoms with E-state index in [4.69, 9.17) is 4.99 Å². The molecule has 1 aliphatic rings. The number of anilines is 1. The summed E-state index contributed by atoms with van der Waals surface area (Å²) in [4.78, 5) is 24.6. The lowest BCUT2D eigenvalue weighted by molar-refractivity contribution is -0.125. The number of amides is 1. The summed E-state index contributed by atoms with van der Waals surface area (Å²) in [5, 5.41) is 12.8. The van der Waals surface area contributed by atoms with Gasteiger partial charge >= 0.3 is 0 Å². The van der Waals surface area contributed by atoms with Gasteiger partial charge in [0.1, 0.15) is 5.25 Å². The first-order valence-electron chi connectivity index (χ1n) is 11.1. The maximum Gasteiger partial charge on any atom is 0.247 e. The number of carbonyl (C=O) groups excluding carboxylic acids is 1. The molecule has 0 radical (unpaired) electrons. The lowest BCUT2D eigenvalue weighted by Gasteiger charge is -2.17. The van der Waals surface area contributed by atoms with Gasteiger partial charge in [-0.25, -0.2) is 4.99 Å². The molecule has 0 aliphatic carbocycles. The number of nitrogens with zero attached hydrogens (tertiary/aromatic N) is 4. The van der Waals surface area contributed by atoms with Crippen LogP contribution in [0.25, 0.3) is 0 Å². The van der Waals surface area contributed by atoms with Crippen LogP contribution in [0.4, 0.5) is 17.1 Å². The van der Waals surface area contributed by atoms with E-state index in [1.165, 1.54) is 11.8 Å². The molecule has 1 aliphatic heterocycles. The molecule has 1 heterocycles. The van der Waals surface area contributed by atoms with Crippen molar-refractivity contribution in [1.82, 2.24) is 4.90 Å². The van der Waals surface area contributed by atoms with Crippen LogP contribution >= 0.6 is 11.8 Å². The van der Waals surface area contributed by atoms with Crippen molar-refractivity contribution in [3.8, 4) is 6.07 Å². The SMILES string of the molecule is CCNc1ccc(C#N)cc1N=C1SC(C=Nc2ccccc2C)C(=O)N1Cc1ccccc1. The summed E-state index contributed by atoms with van der Waals surface area (Å²) in [5.41, 5.74) is 4.87. The summed E-state index contributed by atoms with van der Waals surface area (Å²) in [6.07, 6.45) is 1.70. The van der Waals surface area contributed by atoms with Crippen molar-refractivity contribution in [3.63, 3.8) is 0 Å². The Kier molecular flexibility index (Phi) is 7.41. The molecule has 7 heteroatoms. The summed E-state index contributed by atoms with van der Waals surface area (Å²) < 4.78 is 0. The number of rotatable bonds is 7. The molecule has 1 N–H and O–H groups in total. The largest absolute Gasteiger partial charge is 0.384 e. The molecule has 3 aromatic carbocycles. The van der Waals surface area contributed by atoms with Gasteiger partial charge in [0.15, 0.2) is 5.17 Å². The molecular weight excluding hydrogens is 442 g/mol. The Morgan fingerprint density at radius 1 is 1.09 bits per heavy atom. The van der Waals surface area contributed by atoms with Crippen molar-refractivity contribution < 1.29 is 4.79 Å². The van der Waals surface area contributed by atoms with Gasteiger partial charge in [0.05, 0.1) is 35.2 Å². The monoisotopic (exact) mass is 467 g/mol. The maximum absolute atomic E-state index is 13.4. The zero-order valence-corrected chi connectivity index (χ0v) is 19.9. The van der Waals surface area contributed by atoms with Gasteiger partial charge < -0.3 is 5.32 Å². The fraction of sp³-hybridized carbons (Fsp3) is 0.185. The third-order valence-electron chi connectivity index (χ3n) is 5.33. The van der Waals surface area contributed by atoms with Crippen molar-refractivity contribution in [2.45, 2.75) is 25.6 Å². The third kappa shape index (κ3) is 5.36. The first kappa shape index (κ1) is 23.3. The number of para-hydroxylation sites is 1. The summed E-state index contributed by atoms with van der Waals surface area (Å²) in [6, 6.07) is 25.2. The van der Waals surface area contributed by atoms with E-state index in [1.807, 2.05) is 74.5 Å². The smallest absolute Gasteiger partial charge is 0.247 e. The summed E-state index contributed by atoms with van der Waals surface area (Å²) in [6.45, 7) is 5.13. The van der Waals surface area contributed by atoms with Crippen LogP contribution in [0.5, 0.6) is 0 Å². The van der Waals surface area contributed by atoms with E-state index in [0.29, 0.717) is 23.0 Å². The van der Waals surface area contributed by atoms with Gasteiger partial charge in [-0.3, -0.25) is 14.7 Å². The summed E-state index contributed by atoms with van der Waals surface area (Å²) >= 11 is 1.37. The van der Waals surface area contributed by atoms with Crippen LogP contribution in [0.1, 0.15) is 23.6 Å². The Bertz CT molecular complexity index is 1280. The highest BCUT2D eigenvalue weighted by Crippen LogP contribution is 2.34. The van der Waals surface area contributed by atoms with E-state index in [9.17, 15) is 10.1 Å². The van der Waals surface area contributed by atoms with Gasteiger partial charge in [-0.05, 0) is 49.2 Å². The number of aryl methyl sites for hydroxylation is 1. The highest BCUT2D eigenvalue weighted by Gasteiger charge is 2.37. The molecule has 0 saturated carbocycles. The Morgan fingerprint density at radius 2 is 1.85 bits per heavy atom. The first-order valence-corrected chi connectivity index (χ1v) is 12.0. The normalized spacial score (nSPS) is 16.9. The number of amidine groups is 1. The van der Waals surface area contributed by atoms with Crippen molar-refractivity contribution in [3.05, 3.63) is 89.5 Å². The van der Waals surface area contributed by atoms with Crippen molar-refractivity contribution >= 4 is 46.1 Å². The van der Waals surface area contributed by atoms with Crippen LogP contribution < -0.4 is 5.32 Å². The van der Waals surface area contributed by atoms with Gasteiger partial charge in [-0.2, -0.15) is 5.26 Å². The van der Waals surface area contributed by atoms with E-state index in [-0.39, 0.29) is 5.91 Å². The molecule has 0 bridgehead atoms. The molecule has 1 amide bonds. The molecule has 1 saturated heterocycles. The number of hydrogen-bond acceptors (Lipinski definition) is 6. The van der Waals surface area contributed by atoms with Crippen LogP contribution in [-0.2, 0) is 11.3 Å². The average Bonchev–Trinajstić information content (AvgIpc) is 3.14. The molecule has 6 nitrogen and oxygen atoms in total. The maximum atomic E-state index is 13.4. The van der Waals surface area contributed by atoms with E-state index >= 15 is 0 Å². The van der Waals surface area contributed by atoms with Crippen molar-refractivity contribution in [2.75, 3.05) is 11.9 Å². The molecule has 4 rings (SSSR count).